The van der Waals surface area contributed by atoms with Crippen LogP contribution in [0.2, 0.25) is 0 Å². The number of primary amides is 1. The maximum atomic E-state index is 13.1. The predicted molar refractivity (Wildman–Crippen MR) is 140 cm³/mol. The van der Waals surface area contributed by atoms with Gasteiger partial charge in [0.05, 0.1) is 11.1 Å². The Bertz CT molecular complexity index is 1410. The van der Waals surface area contributed by atoms with Crippen molar-refractivity contribution in [3.8, 4) is 16.9 Å². The van der Waals surface area contributed by atoms with Crippen LogP contribution in [0.1, 0.15) is 52.9 Å². The van der Waals surface area contributed by atoms with Crippen LogP contribution < -0.4 is 10.5 Å². The van der Waals surface area contributed by atoms with Crippen LogP contribution in [0.3, 0.4) is 0 Å². The van der Waals surface area contributed by atoms with Gasteiger partial charge in [0.2, 0.25) is 11.8 Å². The molecule has 0 saturated carbocycles. The van der Waals surface area contributed by atoms with Crippen molar-refractivity contribution in [2.75, 3.05) is 6.54 Å². The van der Waals surface area contributed by atoms with Gasteiger partial charge in [-0.3, -0.25) is 9.59 Å². The van der Waals surface area contributed by atoms with E-state index in [1.807, 2.05) is 13.0 Å². The van der Waals surface area contributed by atoms with Gasteiger partial charge in [-0.05, 0) is 65.4 Å². The zero-order chi connectivity index (χ0) is 28.2. The summed E-state index contributed by atoms with van der Waals surface area (Å²) < 4.78 is 44.5. The molecule has 9 heteroatoms. The van der Waals surface area contributed by atoms with Crippen LogP contribution in [-0.4, -0.2) is 29.2 Å². The Hall–Kier alpha value is -4.40. The van der Waals surface area contributed by atoms with Crippen LogP contribution in [-0.2, 0) is 22.2 Å². The second-order valence-corrected chi connectivity index (χ2v) is 9.10. The summed E-state index contributed by atoms with van der Waals surface area (Å²) in [6.07, 6.45) is 0.586. The van der Waals surface area contributed by atoms with Crippen molar-refractivity contribution in [2.45, 2.75) is 38.4 Å². The Labute approximate surface area is 223 Å². The average molecular weight is 537 g/mol. The quantitative estimate of drug-likeness (QED) is 0.233. The molecule has 2 N–H and O–H groups in total. The lowest BCUT2D eigenvalue weighted by molar-refractivity contribution is -0.139. The lowest BCUT2D eigenvalue weighted by Crippen LogP contribution is -2.45. The number of carbonyl (C=O) groups excluding carboxylic acids is 3. The molecule has 1 atom stereocenters. The van der Waals surface area contributed by atoms with Gasteiger partial charge < -0.3 is 15.4 Å². The topological polar surface area (TPSA) is 89.7 Å². The number of hydrogen-bond acceptors (Lipinski definition) is 4. The van der Waals surface area contributed by atoms with Crippen LogP contribution in [0.25, 0.3) is 11.1 Å². The van der Waals surface area contributed by atoms with Crippen molar-refractivity contribution in [1.82, 2.24) is 4.90 Å². The number of nitrogens with two attached hydrogens (primary N) is 1. The molecule has 0 radical (unpaired) electrons. The van der Waals surface area contributed by atoms with Crippen LogP contribution in [0, 0.1) is 0 Å². The molecule has 0 aromatic heterocycles. The number of nitrogens with zero attached hydrogens (tertiary/aromatic N) is 1. The summed E-state index contributed by atoms with van der Waals surface area (Å²) in [6, 6.07) is 14.9. The molecule has 6 nitrogen and oxygen atoms in total. The van der Waals surface area contributed by atoms with Crippen LogP contribution >= 0.6 is 0 Å². The Morgan fingerprint density at radius 1 is 1.03 bits per heavy atom. The molecule has 202 valence electrons. The standard InChI is InChI=1S/C30H27F3N2O4/c1-2-3-4-9-26(36)35-17-16-20-18-22(14-15-24(20)27(35)28(34)37)39-29(38)25-8-6-5-7-23(25)19-10-12-21(13-11-19)30(31,32)33/h3-8,10-15,18,27H,2,9,16-17H2,1H3,(H2,34,37). The Morgan fingerprint density at radius 2 is 1.74 bits per heavy atom. The SMILES string of the molecule is CCC=CCC(=O)N1CCc2cc(OC(=O)c3ccccc3-c3ccc(C(F)(F)F)cc3)ccc2C1C(N)=O. The lowest BCUT2D eigenvalue weighted by atomic mass is 9.91. The number of amides is 2. The third kappa shape index (κ3) is 6.19. The molecule has 1 unspecified atom stereocenters. The molecule has 39 heavy (non-hydrogen) atoms. The first kappa shape index (κ1) is 27.6. The molecule has 0 spiro atoms. The van der Waals surface area contributed by atoms with Crippen molar-refractivity contribution < 1.29 is 32.3 Å². The monoisotopic (exact) mass is 536 g/mol. The highest BCUT2D eigenvalue weighted by Gasteiger charge is 2.34. The highest BCUT2D eigenvalue weighted by atomic mass is 19.4. The first-order chi connectivity index (χ1) is 18.6. The molecule has 1 aliphatic heterocycles. The summed E-state index contributed by atoms with van der Waals surface area (Å²) in [7, 11) is 0. The minimum absolute atomic E-state index is 0.168. The number of fused-ring (bicyclic) bond motifs is 1. The summed E-state index contributed by atoms with van der Waals surface area (Å²) in [5.74, 6) is -1.31. The zero-order valence-corrected chi connectivity index (χ0v) is 21.2. The van der Waals surface area contributed by atoms with Crippen LogP contribution in [0.5, 0.6) is 5.75 Å². The molecular formula is C30H27F3N2O4. The zero-order valence-electron chi connectivity index (χ0n) is 21.2. The van der Waals surface area contributed by atoms with E-state index in [-0.39, 0.29) is 30.2 Å². The molecule has 1 heterocycles. The van der Waals surface area contributed by atoms with Gasteiger partial charge in [-0.25, -0.2) is 4.79 Å². The summed E-state index contributed by atoms with van der Waals surface area (Å²) in [6.45, 7) is 2.25. The summed E-state index contributed by atoms with van der Waals surface area (Å²) in [5.41, 5.74) is 7.23. The van der Waals surface area contributed by atoms with Gasteiger partial charge in [-0.2, -0.15) is 13.2 Å². The predicted octanol–water partition coefficient (Wildman–Crippen LogP) is 5.86. The molecule has 0 aliphatic carbocycles. The third-order valence-electron chi connectivity index (χ3n) is 6.51. The molecule has 1 aliphatic rings. The molecule has 3 aromatic rings. The number of carbonyl (C=O) groups is 3. The summed E-state index contributed by atoms with van der Waals surface area (Å²) >= 11 is 0. The number of alkyl halides is 3. The molecule has 0 bridgehead atoms. The number of hydrogen-bond donors (Lipinski definition) is 1. The minimum Gasteiger partial charge on any atom is -0.423 e. The summed E-state index contributed by atoms with van der Waals surface area (Å²) in [4.78, 5) is 39.6. The molecule has 3 aromatic carbocycles. The highest BCUT2D eigenvalue weighted by molar-refractivity contribution is 5.98. The average Bonchev–Trinajstić information content (AvgIpc) is 2.91. The Kier molecular flexibility index (Phi) is 8.18. The molecule has 2 amide bonds. The minimum atomic E-state index is -4.46. The Morgan fingerprint density at radius 3 is 2.41 bits per heavy atom. The molecule has 4 rings (SSSR count). The number of esters is 1. The van der Waals surface area contributed by atoms with E-state index in [0.717, 1.165) is 24.1 Å². The van der Waals surface area contributed by atoms with Gasteiger partial charge in [-0.1, -0.05) is 55.5 Å². The largest absolute Gasteiger partial charge is 0.423 e. The van der Waals surface area contributed by atoms with E-state index in [9.17, 15) is 27.6 Å². The molecule has 0 saturated heterocycles. The maximum Gasteiger partial charge on any atom is 0.416 e. The number of rotatable bonds is 7. The van der Waals surface area contributed by atoms with Crippen molar-refractivity contribution in [3.05, 3.63) is 101 Å². The first-order valence-corrected chi connectivity index (χ1v) is 12.5. The highest BCUT2D eigenvalue weighted by Crippen LogP contribution is 2.34. The smallest absolute Gasteiger partial charge is 0.416 e. The van der Waals surface area contributed by atoms with E-state index in [4.69, 9.17) is 10.5 Å². The van der Waals surface area contributed by atoms with Gasteiger partial charge in [0.1, 0.15) is 11.8 Å². The summed E-state index contributed by atoms with van der Waals surface area (Å²) in [5, 5.41) is 0. The fourth-order valence-corrected chi connectivity index (χ4v) is 4.62. The number of ether oxygens (including phenoxy) is 1. The van der Waals surface area contributed by atoms with E-state index in [2.05, 4.69) is 0 Å². The van der Waals surface area contributed by atoms with Gasteiger partial charge in [-0.15, -0.1) is 0 Å². The maximum absolute atomic E-state index is 13.1. The van der Waals surface area contributed by atoms with Crippen LogP contribution in [0.4, 0.5) is 13.2 Å². The fraction of sp³-hybridized carbons (Fsp3) is 0.233. The number of halogens is 3. The normalized spacial score (nSPS) is 15.2. The fourth-order valence-electron chi connectivity index (χ4n) is 4.62. The van der Waals surface area contributed by atoms with E-state index < -0.39 is 29.7 Å². The Balaban J connectivity index is 1.56. The van der Waals surface area contributed by atoms with Gasteiger partial charge >= 0.3 is 12.1 Å². The van der Waals surface area contributed by atoms with Crippen molar-refractivity contribution in [3.63, 3.8) is 0 Å². The number of allylic oxidation sites excluding steroid dienone is 1. The van der Waals surface area contributed by atoms with Crippen molar-refractivity contribution in [1.29, 1.82) is 0 Å². The van der Waals surface area contributed by atoms with E-state index in [0.29, 0.717) is 23.1 Å². The van der Waals surface area contributed by atoms with Crippen molar-refractivity contribution >= 4 is 17.8 Å². The van der Waals surface area contributed by atoms with Gasteiger partial charge in [0.25, 0.3) is 0 Å². The van der Waals surface area contributed by atoms with E-state index in [1.165, 1.54) is 29.2 Å². The lowest BCUT2D eigenvalue weighted by Gasteiger charge is -2.35. The molecular weight excluding hydrogens is 509 g/mol. The van der Waals surface area contributed by atoms with E-state index >= 15 is 0 Å². The van der Waals surface area contributed by atoms with Crippen molar-refractivity contribution in [2.24, 2.45) is 5.73 Å². The second-order valence-electron chi connectivity index (χ2n) is 9.10. The van der Waals surface area contributed by atoms with Crippen LogP contribution in [0.15, 0.2) is 78.9 Å². The second kappa shape index (κ2) is 11.6. The van der Waals surface area contributed by atoms with Gasteiger partial charge in [0, 0.05) is 13.0 Å². The first-order valence-electron chi connectivity index (χ1n) is 12.5. The van der Waals surface area contributed by atoms with Gasteiger partial charge in [0.15, 0.2) is 0 Å². The molecule has 0 fully saturated rings. The number of benzene rings is 3. The van der Waals surface area contributed by atoms with E-state index in [1.54, 1.807) is 36.4 Å². The third-order valence-corrected chi connectivity index (χ3v) is 6.51.